The van der Waals surface area contributed by atoms with Crippen LogP contribution in [0.15, 0.2) is 53.9 Å². The van der Waals surface area contributed by atoms with Crippen LogP contribution < -0.4 is 0 Å². The first-order valence-electron chi connectivity index (χ1n) is 5.91. The standard InChI is InChI=1S/C17H10F2N2/c1-2-13(11-20)8-16(18)6-4-3-5-14-7-15(12-21)10-17(19)9-14/h2,4,6-10H,1H3/b6-4+,13-2+,16-8+. The molecule has 1 aromatic carbocycles. The van der Waals surface area contributed by atoms with Crippen LogP contribution in [0.5, 0.6) is 0 Å². The highest BCUT2D eigenvalue weighted by Crippen LogP contribution is 2.07. The molecule has 1 aromatic rings. The number of nitrogens with zero attached hydrogens (tertiary/aromatic N) is 2. The largest absolute Gasteiger partial charge is 0.207 e. The van der Waals surface area contributed by atoms with Crippen LogP contribution in [0, 0.1) is 40.3 Å². The van der Waals surface area contributed by atoms with Gasteiger partial charge in [0.05, 0.1) is 23.3 Å². The van der Waals surface area contributed by atoms with Crippen LogP contribution in [-0.4, -0.2) is 0 Å². The number of hydrogen-bond donors (Lipinski definition) is 0. The second-order valence-corrected chi connectivity index (χ2v) is 3.83. The third-order valence-corrected chi connectivity index (χ3v) is 2.30. The molecule has 0 unspecified atom stereocenters. The average molecular weight is 280 g/mol. The molecule has 0 aliphatic heterocycles. The van der Waals surface area contributed by atoms with Crippen molar-refractivity contribution in [1.82, 2.24) is 0 Å². The predicted octanol–water partition coefficient (Wildman–Crippen LogP) is 3.93. The first kappa shape index (κ1) is 15.9. The lowest BCUT2D eigenvalue weighted by molar-refractivity contribution is 0.627. The van der Waals surface area contributed by atoms with Gasteiger partial charge in [0, 0.05) is 5.56 Å². The first-order chi connectivity index (χ1) is 10.1. The highest BCUT2D eigenvalue weighted by molar-refractivity contribution is 5.44. The van der Waals surface area contributed by atoms with Crippen molar-refractivity contribution in [2.24, 2.45) is 0 Å². The van der Waals surface area contributed by atoms with E-state index in [2.05, 4.69) is 11.8 Å². The minimum atomic E-state index is -0.615. The Morgan fingerprint density at radius 2 is 1.90 bits per heavy atom. The summed E-state index contributed by atoms with van der Waals surface area (Å²) in [5.41, 5.74) is 0.696. The van der Waals surface area contributed by atoms with Crippen molar-refractivity contribution in [2.75, 3.05) is 0 Å². The summed E-state index contributed by atoms with van der Waals surface area (Å²) in [6.45, 7) is 1.63. The number of nitriles is 2. The van der Waals surface area contributed by atoms with E-state index in [4.69, 9.17) is 10.5 Å². The van der Waals surface area contributed by atoms with Gasteiger partial charge in [-0.25, -0.2) is 8.78 Å². The minimum absolute atomic E-state index is 0.168. The summed E-state index contributed by atoms with van der Waals surface area (Å²) >= 11 is 0. The van der Waals surface area contributed by atoms with Crippen LogP contribution >= 0.6 is 0 Å². The van der Waals surface area contributed by atoms with Gasteiger partial charge in [-0.15, -0.1) is 0 Å². The zero-order valence-electron chi connectivity index (χ0n) is 11.2. The molecule has 0 aliphatic carbocycles. The molecule has 0 atom stereocenters. The third-order valence-electron chi connectivity index (χ3n) is 2.30. The van der Waals surface area contributed by atoms with E-state index in [1.807, 2.05) is 12.1 Å². The highest BCUT2D eigenvalue weighted by atomic mass is 19.1. The fourth-order valence-corrected chi connectivity index (χ4v) is 1.35. The van der Waals surface area contributed by atoms with Gasteiger partial charge in [0.25, 0.3) is 0 Å². The van der Waals surface area contributed by atoms with E-state index in [0.717, 1.165) is 18.2 Å². The fourth-order valence-electron chi connectivity index (χ4n) is 1.35. The molecule has 0 heterocycles. The van der Waals surface area contributed by atoms with E-state index in [9.17, 15) is 8.78 Å². The highest BCUT2D eigenvalue weighted by Gasteiger charge is 1.97. The van der Waals surface area contributed by atoms with E-state index in [1.54, 1.807) is 6.92 Å². The monoisotopic (exact) mass is 280 g/mol. The quantitative estimate of drug-likeness (QED) is 0.468. The van der Waals surface area contributed by atoms with Gasteiger partial charge in [-0.1, -0.05) is 17.9 Å². The smallest absolute Gasteiger partial charge is 0.125 e. The molecular weight excluding hydrogens is 270 g/mol. The predicted molar refractivity (Wildman–Crippen MR) is 75.7 cm³/mol. The average Bonchev–Trinajstić information content (AvgIpc) is 2.48. The zero-order valence-corrected chi connectivity index (χ0v) is 11.2. The van der Waals surface area contributed by atoms with E-state index in [1.165, 1.54) is 24.3 Å². The Morgan fingerprint density at radius 3 is 2.52 bits per heavy atom. The lowest BCUT2D eigenvalue weighted by Gasteiger charge is -1.92. The summed E-state index contributed by atoms with van der Waals surface area (Å²) in [4.78, 5) is 0. The molecule has 0 aromatic heterocycles. The molecule has 4 heteroatoms. The van der Waals surface area contributed by atoms with Crippen molar-refractivity contribution in [3.8, 4) is 24.0 Å². The Bertz CT molecular complexity index is 761. The van der Waals surface area contributed by atoms with Crippen LogP contribution in [0.4, 0.5) is 8.78 Å². The van der Waals surface area contributed by atoms with Gasteiger partial charge < -0.3 is 0 Å². The fraction of sp³-hybridized carbons (Fsp3) is 0.0588. The Morgan fingerprint density at radius 1 is 1.19 bits per heavy atom. The van der Waals surface area contributed by atoms with E-state index in [-0.39, 0.29) is 11.1 Å². The molecule has 2 nitrogen and oxygen atoms in total. The molecule has 0 aliphatic rings. The molecular formula is C17H10F2N2. The SMILES string of the molecule is C\C=C(C#N)/C=C(F)\C=C\C#Cc1cc(F)cc(C#N)c1. The van der Waals surface area contributed by atoms with Crippen LogP contribution in [0.1, 0.15) is 18.1 Å². The van der Waals surface area contributed by atoms with Gasteiger partial charge in [0.15, 0.2) is 0 Å². The van der Waals surface area contributed by atoms with Crippen molar-refractivity contribution in [3.05, 3.63) is 70.8 Å². The molecule has 1 rings (SSSR count). The lowest BCUT2D eigenvalue weighted by Crippen LogP contribution is -1.82. The zero-order chi connectivity index (χ0) is 15.7. The van der Waals surface area contributed by atoms with Gasteiger partial charge in [-0.2, -0.15) is 10.5 Å². The van der Waals surface area contributed by atoms with Crippen molar-refractivity contribution in [2.45, 2.75) is 6.92 Å². The summed E-state index contributed by atoms with van der Waals surface area (Å²) in [6, 6.07) is 7.36. The van der Waals surface area contributed by atoms with E-state index >= 15 is 0 Å². The molecule has 0 spiro atoms. The second-order valence-electron chi connectivity index (χ2n) is 3.83. The summed E-state index contributed by atoms with van der Waals surface area (Å²) in [7, 11) is 0. The number of benzene rings is 1. The molecule has 0 N–H and O–H groups in total. The van der Waals surface area contributed by atoms with Crippen molar-refractivity contribution >= 4 is 0 Å². The van der Waals surface area contributed by atoms with Crippen molar-refractivity contribution in [3.63, 3.8) is 0 Å². The Kier molecular flexibility index (Phi) is 6.13. The Hall–Kier alpha value is -3.16. The molecule has 21 heavy (non-hydrogen) atoms. The van der Waals surface area contributed by atoms with Gasteiger partial charge in [-0.05, 0) is 43.4 Å². The Labute approximate surface area is 121 Å². The maximum atomic E-state index is 13.3. The van der Waals surface area contributed by atoms with Crippen molar-refractivity contribution < 1.29 is 8.78 Å². The number of halogens is 2. The minimum Gasteiger partial charge on any atom is -0.207 e. The normalized spacial score (nSPS) is 11.5. The molecule has 102 valence electrons. The molecule has 0 radical (unpaired) electrons. The summed E-state index contributed by atoms with van der Waals surface area (Å²) < 4.78 is 26.5. The number of hydrogen-bond acceptors (Lipinski definition) is 2. The van der Waals surface area contributed by atoms with Crippen molar-refractivity contribution in [1.29, 1.82) is 10.5 Å². The van der Waals surface area contributed by atoms with E-state index in [0.29, 0.717) is 5.56 Å². The van der Waals surface area contributed by atoms with Crippen LogP contribution in [0.2, 0.25) is 0 Å². The molecule has 0 amide bonds. The summed E-state index contributed by atoms with van der Waals surface area (Å²) in [5.74, 6) is 3.96. The van der Waals surface area contributed by atoms with Crippen LogP contribution in [-0.2, 0) is 0 Å². The van der Waals surface area contributed by atoms with Gasteiger partial charge >= 0.3 is 0 Å². The van der Waals surface area contributed by atoms with Gasteiger partial charge in [0.2, 0.25) is 0 Å². The topological polar surface area (TPSA) is 47.6 Å². The maximum Gasteiger partial charge on any atom is 0.125 e. The van der Waals surface area contributed by atoms with Gasteiger partial charge in [-0.3, -0.25) is 0 Å². The molecule has 0 fully saturated rings. The third kappa shape index (κ3) is 5.55. The maximum absolute atomic E-state index is 13.3. The Balaban J connectivity index is 2.86. The second kappa shape index (κ2) is 8.10. The first-order valence-corrected chi connectivity index (χ1v) is 5.91. The van der Waals surface area contributed by atoms with E-state index < -0.39 is 11.6 Å². The van der Waals surface area contributed by atoms with Gasteiger partial charge in [0.1, 0.15) is 11.6 Å². The van der Waals surface area contributed by atoms with Crippen LogP contribution in [0.25, 0.3) is 0 Å². The molecule has 0 saturated carbocycles. The lowest BCUT2D eigenvalue weighted by atomic mass is 10.1. The number of allylic oxidation sites excluding steroid dienone is 6. The number of rotatable bonds is 2. The molecule has 0 saturated heterocycles. The summed E-state index contributed by atoms with van der Waals surface area (Å²) in [6.07, 6.45) is 4.90. The van der Waals surface area contributed by atoms with Crippen LogP contribution in [0.3, 0.4) is 0 Å². The summed E-state index contributed by atoms with van der Waals surface area (Å²) in [5, 5.41) is 17.3. The molecule has 0 bridgehead atoms.